The van der Waals surface area contributed by atoms with Crippen molar-refractivity contribution in [3.63, 3.8) is 0 Å². The number of rotatable bonds is 6. The van der Waals surface area contributed by atoms with E-state index < -0.39 is 10.8 Å². The number of carbonyl (C=O) groups excluding carboxylic acids is 1. The van der Waals surface area contributed by atoms with Gasteiger partial charge >= 0.3 is 0 Å². The zero-order valence-electron chi connectivity index (χ0n) is 13.4. The average molecular weight is 348 g/mol. The van der Waals surface area contributed by atoms with E-state index in [2.05, 4.69) is 5.32 Å². The van der Waals surface area contributed by atoms with Crippen LogP contribution in [-0.4, -0.2) is 17.4 Å². The molecule has 0 radical (unpaired) electrons. The highest BCUT2D eigenvalue weighted by Gasteiger charge is 2.12. The van der Waals surface area contributed by atoms with Crippen LogP contribution >= 0.6 is 0 Å². The van der Waals surface area contributed by atoms with Crippen molar-refractivity contribution in [2.75, 3.05) is 11.9 Å². The van der Waals surface area contributed by atoms with Crippen molar-refractivity contribution in [1.29, 1.82) is 10.5 Å². The maximum atomic E-state index is 12.2. The largest absolute Gasteiger partial charge is 0.479 e. The Balaban J connectivity index is 2.14. The van der Waals surface area contributed by atoms with Crippen LogP contribution in [0.25, 0.3) is 6.08 Å². The van der Waals surface area contributed by atoms with Gasteiger partial charge in [-0.15, -0.1) is 0 Å². The lowest BCUT2D eigenvalue weighted by Crippen LogP contribution is -2.13. The molecule has 0 spiro atoms. The van der Waals surface area contributed by atoms with E-state index in [0.29, 0.717) is 11.3 Å². The number of nitriles is 2. The van der Waals surface area contributed by atoms with E-state index >= 15 is 0 Å². The summed E-state index contributed by atoms with van der Waals surface area (Å²) in [6.07, 6.45) is 1.38. The summed E-state index contributed by atoms with van der Waals surface area (Å²) >= 11 is 0. The van der Waals surface area contributed by atoms with Gasteiger partial charge in [-0.05, 0) is 29.8 Å². The van der Waals surface area contributed by atoms with E-state index in [1.807, 2.05) is 6.07 Å². The zero-order chi connectivity index (χ0) is 18.9. The molecule has 2 rings (SSSR count). The molecule has 0 heterocycles. The second-order valence-electron chi connectivity index (χ2n) is 4.95. The molecule has 128 valence electrons. The number of amides is 1. The zero-order valence-corrected chi connectivity index (χ0v) is 13.4. The van der Waals surface area contributed by atoms with Crippen LogP contribution in [-0.2, 0) is 4.79 Å². The predicted molar refractivity (Wildman–Crippen MR) is 92.9 cm³/mol. The van der Waals surface area contributed by atoms with Gasteiger partial charge in [0, 0.05) is 17.8 Å². The van der Waals surface area contributed by atoms with Crippen molar-refractivity contribution < 1.29 is 14.5 Å². The van der Waals surface area contributed by atoms with Gasteiger partial charge in [-0.3, -0.25) is 14.9 Å². The first-order valence-corrected chi connectivity index (χ1v) is 7.31. The third kappa shape index (κ3) is 4.91. The van der Waals surface area contributed by atoms with Crippen LogP contribution in [0.1, 0.15) is 5.56 Å². The Morgan fingerprint density at radius 1 is 1.23 bits per heavy atom. The van der Waals surface area contributed by atoms with Gasteiger partial charge in [0.1, 0.15) is 23.5 Å². The van der Waals surface area contributed by atoms with Gasteiger partial charge in [0.15, 0.2) is 6.61 Å². The summed E-state index contributed by atoms with van der Waals surface area (Å²) < 4.78 is 5.12. The van der Waals surface area contributed by atoms with Crippen molar-refractivity contribution in [1.82, 2.24) is 0 Å². The van der Waals surface area contributed by atoms with Crippen LogP contribution in [0.4, 0.5) is 11.4 Å². The average Bonchev–Trinajstić information content (AvgIpc) is 2.65. The molecule has 0 bridgehead atoms. The smallest absolute Gasteiger partial charge is 0.271 e. The summed E-state index contributed by atoms with van der Waals surface area (Å²) in [5, 5.41) is 30.9. The van der Waals surface area contributed by atoms with Gasteiger partial charge in [0.2, 0.25) is 0 Å². The molecule has 2 aromatic rings. The first-order chi connectivity index (χ1) is 12.5. The molecule has 8 heteroatoms. The fraction of sp³-hybridized carbons (Fsp3) is 0.0556. The number of nitro benzene ring substituents is 1. The molecule has 0 aliphatic rings. The molecule has 0 saturated heterocycles. The first-order valence-electron chi connectivity index (χ1n) is 7.31. The van der Waals surface area contributed by atoms with E-state index in [1.54, 1.807) is 30.3 Å². The summed E-state index contributed by atoms with van der Waals surface area (Å²) in [4.78, 5) is 22.4. The fourth-order valence-electron chi connectivity index (χ4n) is 1.99. The molecule has 0 aromatic heterocycles. The Morgan fingerprint density at radius 2 is 1.96 bits per heavy atom. The molecule has 0 saturated carbocycles. The lowest BCUT2D eigenvalue weighted by molar-refractivity contribution is -0.384. The lowest BCUT2D eigenvalue weighted by atomic mass is 10.1. The van der Waals surface area contributed by atoms with Crippen molar-refractivity contribution in [2.24, 2.45) is 0 Å². The minimum Gasteiger partial charge on any atom is -0.479 e. The minimum atomic E-state index is -0.683. The molecule has 0 aliphatic heterocycles. The van der Waals surface area contributed by atoms with E-state index in [0.717, 1.165) is 0 Å². The molecule has 1 amide bonds. The van der Waals surface area contributed by atoms with Crippen LogP contribution in [0.3, 0.4) is 0 Å². The highest BCUT2D eigenvalue weighted by molar-refractivity contribution is 6.09. The number of nitro groups is 1. The molecule has 0 fully saturated rings. The SMILES string of the molecule is N#CCOc1ccc(/C=C(\C#N)C(=O)Nc2cccc([N+](=O)[O-])c2)cc1. The van der Waals surface area contributed by atoms with Crippen LogP contribution in [0.2, 0.25) is 0 Å². The van der Waals surface area contributed by atoms with E-state index in [-0.39, 0.29) is 23.6 Å². The summed E-state index contributed by atoms with van der Waals surface area (Å²) in [6.45, 7) is -0.0791. The van der Waals surface area contributed by atoms with Gasteiger partial charge < -0.3 is 10.1 Å². The molecule has 0 atom stereocenters. The number of hydrogen-bond donors (Lipinski definition) is 1. The van der Waals surface area contributed by atoms with E-state index in [1.165, 1.54) is 30.3 Å². The molecule has 8 nitrogen and oxygen atoms in total. The summed E-state index contributed by atoms with van der Waals surface area (Å²) in [6, 6.07) is 15.5. The number of nitrogens with zero attached hydrogens (tertiary/aromatic N) is 3. The Hall–Kier alpha value is -4.17. The number of nitrogens with one attached hydrogen (secondary N) is 1. The monoisotopic (exact) mass is 348 g/mol. The standard InChI is InChI=1S/C18H12N4O4/c19-8-9-26-17-6-4-13(5-7-17)10-14(12-20)18(23)21-15-2-1-3-16(11-15)22(24)25/h1-7,10-11H,9H2,(H,21,23)/b14-10+. The highest BCUT2D eigenvalue weighted by Crippen LogP contribution is 2.19. The number of hydrogen-bond acceptors (Lipinski definition) is 6. The highest BCUT2D eigenvalue weighted by atomic mass is 16.6. The van der Waals surface area contributed by atoms with Gasteiger partial charge in [-0.25, -0.2) is 0 Å². The van der Waals surface area contributed by atoms with Gasteiger partial charge in [0.05, 0.1) is 4.92 Å². The molecule has 26 heavy (non-hydrogen) atoms. The first kappa shape index (κ1) is 18.2. The third-order valence-electron chi connectivity index (χ3n) is 3.17. The van der Waals surface area contributed by atoms with Crippen LogP contribution < -0.4 is 10.1 Å². The fourth-order valence-corrected chi connectivity index (χ4v) is 1.99. The van der Waals surface area contributed by atoms with Gasteiger partial charge in [0.25, 0.3) is 11.6 Å². The summed E-state index contributed by atoms with van der Waals surface area (Å²) in [5.41, 5.74) is 0.464. The van der Waals surface area contributed by atoms with E-state index in [4.69, 9.17) is 10.00 Å². The Bertz CT molecular complexity index is 937. The molecule has 1 N–H and O–H groups in total. The normalized spacial score (nSPS) is 10.3. The summed E-state index contributed by atoms with van der Waals surface area (Å²) in [7, 11) is 0. The van der Waals surface area contributed by atoms with Crippen LogP contribution in [0.5, 0.6) is 5.75 Å². The molecular weight excluding hydrogens is 336 g/mol. The molecule has 0 unspecified atom stereocenters. The van der Waals surface area contributed by atoms with Gasteiger partial charge in [-0.1, -0.05) is 18.2 Å². The topological polar surface area (TPSA) is 129 Å². The quantitative estimate of drug-likeness (QED) is 0.370. The van der Waals surface area contributed by atoms with Crippen molar-refractivity contribution in [2.45, 2.75) is 0 Å². The Labute approximate surface area is 148 Å². The second kappa shape index (κ2) is 8.62. The van der Waals surface area contributed by atoms with Crippen molar-refractivity contribution >= 4 is 23.4 Å². The van der Waals surface area contributed by atoms with Crippen molar-refractivity contribution in [3.05, 3.63) is 69.8 Å². The lowest BCUT2D eigenvalue weighted by Gasteiger charge is -2.05. The number of benzene rings is 2. The number of non-ortho nitro benzene ring substituents is 1. The maximum Gasteiger partial charge on any atom is 0.271 e. The Morgan fingerprint density at radius 3 is 2.58 bits per heavy atom. The maximum absolute atomic E-state index is 12.2. The summed E-state index contributed by atoms with van der Waals surface area (Å²) in [5.74, 6) is -0.193. The number of ether oxygens (including phenoxy) is 1. The minimum absolute atomic E-state index is 0.0791. The van der Waals surface area contributed by atoms with Crippen molar-refractivity contribution in [3.8, 4) is 17.9 Å². The predicted octanol–water partition coefficient (Wildman–Crippen LogP) is 3.04. The molecule has 2 aromatic carbocycles. The molecular formula is C18H12N4O4. The van der Waals surface area contributed by atoms with E-state index in [9.17, 15) is 20.2 Å². The number of carbonyl (C=O) groups is 1. The Kier molecular flexibility index (Phi) is 6.02. The van der Waals surface area contributed by atoms with Crippen LogP contribution in [0.15, 0.2) is 54.1 Å². The third-order valence-corrected chi connectivity index (χ3v) is 3.17. The number of anilines is 1. The van der Waals surface area contributed by atoms with Crippen LogP contribution in [0, 0.1) is 32.8 Å². The van der Waals surface area contributed by atoms with Gasteiger partial charge in [-0.2, -0.15) is 10.5 Å². The molecule has 0 aliphatic carbocycles. The second-order valence-corrected chi connectivity index (χ2v) is 4.95.